The van der Waals surface area contributed by atoms with Gasteiger partial charge in [0.2, 0.25) is 11.8 Å². The number of nitrogens with zero attached hydrogens (tertiary/aromatic N) is 4. The molecule has 1 unspecified atom stereocenters. The summed E-state index contributed by atoms with van der Waals surface area (Å²) in [5.41, 5.74) is 1.65. The van der Waals surface area contributed by atoms with Gasteiger partial charge in [0.15, 0.2) is 0 Å². The Morgan fingerprint density at radius 3 is 2.50 bits per heavy atom. The normalized spacial score (nSPS) is 20.8. The molecule has 2 aromatic rings. The SMILES string of the molecule is CCC(C)[C@H]1C(=O)N(Cc2ccc(Cl)cc2Cl)C[C@H]2N1C(=O)CN(C)N2C(=O)NCc1ccc(OC)cc1. The second-order valence-electron chi connectivity index (χ2n) is 9.73. The maximum absolute atomic E-state index is 13.7. The number of rotatable bonds is 7. The molecule has 2 aromatic carbocycles. The summed E-state index contributed by atoms with van der Waals surface area (Å²) in [6, 6.07) is 11.5. The van der Waals surface area contributed by atoms with Gasteiger partial charge in [0.05, 0.1) is 20.2 Å². The lowest BCUT2D eigenvalue weighted by atomic mass is 9.92. The van der Waals surface area contributed by atoms with Crippen LogP contribution in [0.5, 0.6) is 5.75 Å². The first kappa shape index (κ1) is 28.0. The third kappa shape index (κ3) is 5.70. The molecular formula is C27H33Cl2N5O4. The molecule has 0 bridgehead atoms. The number of nitrogens with one attached hydrogen (secondary N) is 1. The minimum atomic E-state index is -0.692. The quantitative estimate of drug-likeness (QED) is 0.552. The molecule has 2 aliphatic heterocycles. The second-order valence-corrected chi connectivity index (χ2v) is 10.6. The summed E-state index contributed by atoms with van der Waals surface area (Å²) in [5, 5.41) is 7.08. The summed E-state index contributed by atoms with van der Waals surface area (Å²) in [4.78, 5) is 43.8. The van der Waals surface area contributed by atoms with Gasteiger partial charge in [0.25, 0.3) is 0 Å². The van der Waals surface area contributed by atoms with Crippen molar-refractivity contribution in [2.75, 3.05) is 27.2 Å². The number of benzene rings is 2. The van der Waals surface area contributed by atoms with Crippen LogP contribution in [0.15, 0.2) is 42.5 Å². The van der Waals surface area contributed by atoms with E-state index in [1.54, 1.807) is 52.2 Å². The number of halogens is 2. The van der Waals surface area contributed by atoms with Crippen molar-refractivity contribution in [2.24, 2.45) is 5.92 Å². The molecule has 2 heterocycles. The summed E-state index contributed by atoms with van der Waals surface area (Å²) in [5.74, 6) is 0.288. The third-order valence-electron chi connectivity index (χ3n) is 7.24. The zero-order valence-electron chi connectivity index (χ0n) is 22.0. The highest BCUT2D eigenvalue weighted by Crippen LogP contribution is 2.32. The van der Waals surface area contributed by atoms with Crippen LogP contribution in [0.1, 0.15) is 31.4 Å². The van der Waals surface area contributed by atoms with E-state index in [1.165, 1.54) is 0 Å². The molecule has 4 amide bonds. The van der Waals surface area contributed by atoms with E-state index in [0.29, 0.717) is 23.0 Å². The molecule has 0 radical (unpaired) electrons. The van der Waals surface area contributed by atoms with Crippen molar-refractivity contribution in [1.29, 1.82) is 0 Å². The highest BCUT2D eigenvalue weighted by atomic mass is 35.5. The van der Waals surface area contributed by atoms with Crippen molar-refractivity contribution in [3.63, 3.8) is 0 Å². The van der Waals surface area contributed by atoms with Crippen molar-refractivity contribution < 1.29 is 19.1 Å². The maximum Gasteiger partial charge on any atom is 0.334 e. The minimum absolute atomic E-state index is 0.00428. The van der Waals surface area contributed by atoms with Crippen molar-refractivity contribution >= 4 is 41.0 Å². The van der Waals surface area contributed by atoms with Gasteiger partial charge in [0.1, 0.15) is 18.0 Å². The first-order valence-electron chi connectivity index (χ1n) is 12.6. The van der Waals surface area contributed by atoms with Gasteiger partial charge in [0, 0.05) is 30.2 Å². The number of carbonyl (C=O) groups excluding carboxylic acids is 3. The average molecular weight is 562 g/mol. The van der Waals surface area contributed by atoms with Crippen molar-refractivity contribution in [2.45, 2.75) is 45.6 Å². The Morgan fingerprint density at radius 1 is 1.16 bits per heavy atom. The zero-order chi connectivity index (χ0) is 27.6. The molecule has 3 atom stereocenters. The molecule has 0 saturated carbocycles. The highest BCUT2D eigenvalue weighted by molar-refractivity contribution is 6.35. The van der Waals surface area contributed by atoms with E-state index in [0.717, 1.165) is 16.9 Å². The number of likely N-dealkylation sites (N-methyl/N-ethyl adjacent to an activating group) is 1. The van der Waals surface area contributed by atoms with E-state index in [-0.39, 0.29) is 43.4 Å². The molecule has 0 spiro atoms. The molecule has 2 saturated heterocycles. The van der Waals surface area contributed by atoms with Crippen molar-refractivity contribution in [3.05, 3.63) is 63.6 Å². The van der Waals surface area contributed by atoms with Gasteiger partial charge in [-0.1, -0.05) is 61.7 Å². The summed E-state index contributed by atoms with van der Waals surface area (Å²) in [7, 11) is 3.30. The molecule has 1 N–H and O–H groups in total. The Morgan fingerprint density at radius 2 is 1.87 bits per heavy atom. The number of carbonyl (C=O) groups is 3. The van der Waals surface area contributed by atoms with E-state index >= 15 is 0 Å². The van der Waals surface area contributed by atoms with E-state index in [9.17, 15) is 14.4 Å². The predicted octanol–water partition coefficient (Wildman–Crippen LogP) is 3.99. The van der Waals surface area contributed by atoms with Gasteiger partial charge >= 0.3 is 6.03 Å². The number of methoxy groups -OCH3 is 1. The third-order valence-corrected chi connectivity index (χ3v) is 7.83. The minimum Gasteiger partial charge on any atom is -0.497 e. The summed E-state index contributed by atoms with van der Waals surface area (Å²) < 4.78 is 5.20. The van der Waals surface area contributed by atoms with Crippen molar-refractivity contribution in [1.82, 2.24) is 25.1 Å². The fraction of sp³-hybridized carbons (Fsp3) is 0.444. The van der Waals surface area contributed by atoms with Gasteiger partial charge in [-0.2, -0.15) is 0 Å². The summed E-state index contributed by atoms with van der Waals surface area (Å²) in [6.07, 6.45) is 0.0296. The number of urea groups is 1. The topological polar surface area (TPSA) is 85.4 Å². The van der Waals surface area contributed by atoms with Crippen LogP contribution >= 0.6 is 23.2 Å². The van der Waals surface area contributed by atoms with Gasteiger partial charge in [-0.3, -0.25) is 9.59 Å². The van der Waals surface area contributed by atoms with E-state index in [4.69, 9.17) is 27.9 Å². The molecule has 4 rings (SSSR count). The van der Waals surface area contributed by atoms with Gasteiger partial charge in [-0.25, -0.2) is 14.8 Å². The molecule has 0 aliphatic carbocycles. The molecule has 38 heavy (non-hydrogen) atoms. The number of amides is 4. The lowest BCUT2D eigenvalue weighted by Crippen LogP contribution is -2.76. The van der Waals surface area contributed by atoms with Crippen LogP contribution in [0.3, 0.4) is 0 Å². The average Bonchev–Trinajstić information content (AvgIpc) is 2.89. The second kappa shape index (κ2) is 11.8. The Balaban J connectivity index is 1.61. The van der Waals surface area contributed by atoms with E-state index < -0.39 is 12.2 Å². The van der Waals surface area contributed by atoms with Crippen LogP contribution in [0, 0.1) is 5.92 Å². The lowest BCUT2D eigenvalue weighted by molar-refractivity contribution is -0.190. The Bertz CT molecular complexity index is 1190. The number of ether oxygens (including phenoxy) is 1. The van der Waals surface area contributed by atoms with E-state index in [2.05, 4.69) is 5.32 Å². The van der Waals surface area contributed by atoms with Gasteiger partial charge in [-0.15, -0.1) is 0 Å². The van der Waals surface area contributed by atoms with E-state index in [1.807, 2.05) is 38.1 Å². The highest BCUT2D eigenvalue weighted by Gasteiger charge is 2.51. The molecule has 0 aromatic heterocycles. The Labute approximate surface area is 233 Å². The number of fused-ring (bicyclic) bond motifs is 1. The Kier molecular flexibility index (Phi) is 8.70. The molecule has 11 heteroatoms. The summed E-state index contributed by atoms with van der Waals surface area (Å²) >= 11 is 12.5. The monoisotopic (exact) mass is 561 g/mol. The molecule has 204 valence electrons. The van der Waals surface area contributed by atoms with Crippen LogP contribution in [0.4, 0.5) is 4.79 Å². The van der Waals surface area contributed by atoms with Crippen LogP contribution in [0.25, 0.3) is 0 Å². The zero-order valence-corrected chi connectivity index (χ0v) is 23.5. The fourth-order valence-electron chi connectivity index (χ4n) is 5.00. The number of piperazine rings is 1. The number of hydrogen-bond acceptors (Lipinski definition) is 5. The van der Waals surface area contributed by atoms with Crippen LogP contribution in [0.2, 0.25) is 10.0 Å². The smallest absolute Gasteiger partial charge is 0.334 e. The number of hydrazine groups is 1. The number of hydrogen-bond donors (Lipinski definition) is 1. The first-order valence-corrected chi connectivity index (χ1v) is 13.3. The summed E-state index contributed by atoms with van der Waals surface area (Å²) in [6.45, 7) is 4.63. The Hall–Kier alpha value is -3.01. The van der Waals surface area contributed by atoms with Gasteiger partial charge in [-0.05, 0) is 41.3 Å². The van der Waals surface area contributed by atoms with Crippen molar-refractivity contribution in [3.8, 4) is 5.75 Å². The van der Waals surface area contributed by atoms with Gasteiger partial charge < -0.3 is 19.9 Å². The lowest BCUT2D eigenvalue weighted by Gasteiger charge is -2.55. The fourth-order valence-corrected chi connectivity index (χ4v) is 5.46. The molecule has 2 aliphatic rings. The van der Waals surface area contributed by atoms with Crippen LogP contribution in [-0.2, 0) is 22.7 Å². The molecular weight excluding hydrogens is 529 g/mol. The molecule has 9 nitrogen and oxygen atoms in total. The van der Waals surface area contributed by atoms with Crippen LogP contribution < -0.4 is 10.1 Å². The first-order chi connectivity index (χ1) is 18.1. The molecule has 2 fully saturated rings. The maximum atomic E-state index is 13.7. The van der Waals surface area contributed by atoms with Crippen LogP contribution in [-0.4, -0.2) is 77.1 Å². The standard InChI is InChI=1S/C27H33Cl2N5O4/c1-5-17(2)25-26(36)32(14-19-8-9-20(28)12-22(19)29)15-23-33(25)24(35)16-31(3)34(23)27(37)30-13-18-6-10-21(38-4)11-7-18/h6-12,17,23,25H,5,13-16H2,1-4H3,(H,30,37)/t17?,23-,25-/m0/s1. The largest absolute Gasteiger partial charge is 0.497 e. The predicted molar refractivity (Wildman–Crippen MR) is 145 cm³/mol.